The average Bonchev–Trinajstić information content (AvgIpc) is 2.76. The average molecular weight is 244 g/mol. The smallest absolute Gasteiger partial charge is 0.142 e. The van der Waals surface area contributed by atoms with E-state index in [1.165, 1.54) is 12.5 Å². The fourth-order valence-corrected chi connectivity index (χ4v) is 1.96. The van der Waals surface area contributed by atoms with E-state index in [0.29, 0.717) is 19.3 Å². The van der Waals surface area contributed by atoms with Crippen molar-refractivity contribution in [2.75, 3.05) is 13.2 Å². The number of ether oxygens (including phenoxy) is 1. The van der Waals surface area contributed by atoms with Crippen molar-refractivity contribution in [3.63, 3.8) is 0 Å². The summed E-state index contributed by atoms with van der Waals surface area (Å²) in [4.78, 5) is 0. The van der Waals surface area contributed by atoms with Gasteiger partial charge in [-0.15, -0.1) is 0 Å². The lowest BCUT2D eigenvalue weighted by molar-refractivity contribution is 0.103. The Bertz CT molecular complexity index is 353. The second-order valence-electron chi connectivity index (χ2n) is 4.06. The zero-order valence-electron chi connectivity index (χ0n) is 9.01. The minimum atomic E-state index is -0.387. The second-order valence-corrected chi connectivity index (χ2v) is 4.46. The van der Waals surface area contributed by atoms with Crippen molar-refractivity contribution >= 4 is 11.6 Å². The molecule has 1 saturated heterocycles. The molecule has 4 heteroatoms. The number of rotatable bonds is 4. The van der Waals surface area contributed by atoms with Crippen molar-refractivity contribution in [2.24, 2.45) is 0 Å². The first kappa shape index (κ1) is 11.8. The lowest BCUT2D eigenvalue weighted by Crippen LogP contribution is -2.26. The van der Waals surface area contributed by atoms with Gasteiger partial charge in [-0.2, -0.15) is 0 Å². The first-order valence-electron chi connectivity index (χ1n) is 5.51. The van der Waals surface area contributed by atoms with Crippen LogP contribution in [0.15, 0.2) is 18.2 Å². The molecule has 1 unspecified atom stereocenters. The Morgan fingerprint density at radius 2 is 2.38 bits per heavy atom. The molecule has 1 atom stereocenters. The molecule has 1 heterocycles. The predicted octanol–water partition coefficient (Wildman–Crippen LogP) is 2.75. The van der Waals surface area contributed by atoms with Crippen LogP contribution in [-0.4, -0.2) is 19.2 Å². The molecule has 1 N–H and O–H groups in total. The van der Waals surface area contributed by atoms with Crippen LogP contribution in [0.2, 0.25) is 5.02 Å². The van der Waals surface area contributed by atoms with Crippen LogP contribution < -0.4 is 5.32 Å². The molecule has 0 saturated carbocycles. The van der Waals surface area contributed by atoms with Crippen LogP contribution in [0.1, 0.15) is 18.4 Å². The van der Waals surface area contributed by atoms with Gasteiger partial charge in [-0.25, -0.2) is 4.39 Å². The fraction of sp³-hybridized carbons (Fsp3) is 0.500. The van der Waals surface area contributed by atoms with Crippen LogP contribution in [0.4, 0.5) is 4.39 Å². The zero-order valence-corrected chi connectivity index (χ0v) is 9.77. The summed E-state index contributed by atoms with van der Waals surface area (Å²) in [5, 5.41) is 3.50. The summed E-state index contributed by atoms with van der Waals surface area (Å²) < 4.78 is 18.6. The number of nitrogens with one attached hydrogen (secondary N) is 1. The minimum Gasteiger partial charge on any atom is -0.375 e. The predicted molar refractivity (Wildman–Crippen MR) is 62.1 cm³/mol. The summed E-state index contributed by atoms with van der Waals surface area (Å²) >= 11 is 5.59. The minimum absolute atomic E-state index is 0.154. The maximum Gasteiger partial charge on any atom is 0.142 e. The molecule has 0 bridgehead atoms. The van der Waals surface area contributed by atoms with Gasteiger partial charge in [0.1, 0.15) is 5.82 Å². The largest absolute Gasteiger partial charge is 0.375 e. The lowest BCUT2D eigenvalue weighted by atomic mass is 10.2. The SMILES string of the molecule is Fc1cc(COCC2CCCN2)ccc1Cl. The number of hydrogen-bond acceptors (Lipinski definition) is 2. The van der Waals surface area contributed by atoms with Gasteiger partial charge in [-0.05, 0) is 37.1 Å². The van der Waals surface area contributed by atoms with Crippen LogP contribution in [-0.2, 0) is 11.3 Å². The summed E-state index contributed by atoms with van der Waals surface area (Å²) in [5.41, 5.74) is 0.819. The Morgan fingerprint density at radius 3 is 3.06 bits per heavy atom. The van der Waals surface area contributed by atoms with Gasteiger partial charge >= 0.3 is 0 Å². The monoisotopic (exact) mass is 243 g/mol. The van der Waals surface area contributed by atoms with Crippen molar-refractivity contribution in [1.29, 1.82) is 0 Å². The molecule has 1 aromatic rings. The summed E-state index contributed by atoms with van der Waals surface area (Å²) in [6.45, 7) is 2.19. The van der Waals surface area contributed by atoms with Crippen molar-refractivity contribution in [2.45, 2.75) is 25.5 Å². The standard InChI is InChI=1S/C12H15ClFNO/c13-11-4-3-9(6-12(11)14)7-16-8-10-2-1-5-15-10/h3-4,6,10,15H,1-2,5,7-8H2. The summed E-state index contributed by atoms with van der Waals surface area (Å²) in [5.74, 6) is -0.387. The topological polar surface area (TPSA) is 21.3 Å². The van der Waals surface area contributed by atoms with E-state index in [1.807, 2.05) is 0 Å². The van der Waals surface area contributed by atoms with Gasteiger partial charge in [0, 0.05) is 6.04 Å². The normalized spacial score (nSPS) is 20.2. The van der Waals surface area contributed by atoms with E-state index in [4.69, 9.17) is 16.3 Å². The Balaban J connectivity index is 1.78. The van der Waals surface area contributed by atoms with E-state index in [-0.39, 0.29) is 10.8 Å². The molecule has 2 nitrogen and oxygen atoms in total. The quantitative estimate of drug-likeness (QED) is 0.878. The van der Waals surface area contributed by atoms with Crippen LogP contribution in [0.25, 0.3) is 0 Å². The van der Waals surface area contributed by atoms with Crippen LogP contribution in [0.5, 0.6) is 0 Å². The molecule has 88 valence electrons. The first-order chi connectivity index (χ1) is 7.75. The number of hydrogen-bond donors (Lipinski definition) is 1. The maximum atomic E-state index is 13.1. The summed E-state index contributed by atoms with van der Waals surface area (Å²) in [6, 6.07) is 5.22. The highest BCUT2D eigenvalue weighted by molar-refractivity contribution is 6.30. The Morgan fingerprint density at radius 1 is 1.50 bits per heavy atom. The van der Waals surface area contributed by atoms with Gasteiger partial charge < -0.3 is 10.1 Å². The molecular weight excluding hydrogens is 229 g/mol. The molecule has 0 radical (unpaired) electrons. The molecule has 16 heavy (non-hydrogen) atoms. The van der Waals surface area contributed by atoms with E-state index in [9.17, 15) is 4.39 Å². The molecule has 0 spiro atoms. The first-order valence-corrected chi connectivity index (χ1v) is 5.88. The molecule has 0 amide bonds. The molecule has 2 rings (SSSR count). The molecule has 1 fully saturated rings. The van der Waals surface area contributed by atoms with Crippen molar-refractivity contribution in [1.82, 2.24) is 5.32 Å². The molecule has 1 aliphatic rings. The third-order valence-electron chi connectivity index (χ3n) is 2.73. The van der Waals surface area contributed by atoms with E-state index < -0.39 is 0 Å². The van der Waals surface area contributed by atoms with Crippen LogP contribution in [0, 0.1) is 5.82 Å². The summed E-state index contributed by atoms with van der Waals surface area (Å²) in [6.07, 6.45) is 2.37. The molecular formula is C12H15ClFNO. The van der Waals surface area contributed by atoms with Gasteiger partial charge in [0.2, 0.25) is 0 Å². The molecule has 1 aliphatic heterocycles. The van der Waals surface area contributed by atoms with Crippen LogP contribution >= 0.6 is 11.6 Å². The van der Waals surface area contributed by atoms with Gasteiger partial charge in [0.15, 0.2) is 0 Å². The Hall–Kier alpha value is -0.640. The van der Waals surface area contributed by atoms with E-state index >= 15 is 0 Å². The number of halogens is 2. The third-order valence-corrected chi connectivity index (χ3v) is 3.04. The Labute approximate surface area is 99.7 Å². The van der Waals surface area contributed by atoms with Crippen molar-refractivity contribution < 1.29 is 9.13 Å². The van der Waals surface area contributed by atoms with Gasteiger partial charge in [0.05, 0.1) is 18.2 Å². The van der Waals surface area contributed by atoms with Crippen molar-refractivity contribution in [3.8, 4) is 0 Å². The number of benzene rings is 1. The highest BCUT2D eigenvalue weighted by Gasteiger charge is 2.13. The maximum absolute atomic E-state index is 13.1. The summed E-state index contributed by atoms with van der Waals surface area (Å²) in [7, 11) is 0. The molecule has 0 aliphatic carbocycles. The van der Waals surface area contributed by atoms with E-state index in [2.05, 4.69) is 5.32 Å². The van der Waals surface area contributed by atoms with E-state index in [1.54, 1.807) is 12.1 Å². The van der Waals surface area contributed by atoms with E-state index in [0.717, 1.165) is 18.5 Å². The molecule has 1 aromatic carbocycles. The van der Waals surface area contributed by atoms with Gasteiger partial charge in [0.25, 0.3) is 0 Å². The fourth-order valence-electron chi connectivity index (χ4n) is 1.85. The highest BCUT2D eigenvalue weighted by atomic mass is 35.5. The lowest BCUT2D eigenvalue weighted by Gasteiger charge is -2.10. The Kier molecular flexibility index (Phi) is 4.16. The second kappa shape index (κ2) is 5.62. The van der Waals surface area contributed by atoms with Gasteiger partial charge in [-0.3, -0.25) is 0 Å². The van der Waals surface area contributed by atoms with Crippen LogP contribution in [0.3, 0.4) is 0 Å². The molecule has 0 aromatic heterocycles. The third kappa shape index (κ3) is 3.17. The highest BCUT2D eigenvalue weighted by Crippen LogP contribution is 2.16. The van der Waals surface area contributed by atoms with Crippen molar-refractivity contribution in [3.05, 3.63) is 34.6 Å². The zero-order chi connectivity index (χ0) is 11.4. The van der Waals surface area contributed by atoms with Gasteiger partial charge in [-0.1, -0.05) is 17.7 Å².